The third-order valence-corrected chi connectivity index (χ3v) is 6.35. The number of nitrogens with one attached hydrogen (secondary N) is 2. The van der Waals surface area contributed by atoms with Crippen molar-refractivity contribution in [2.75, 3.05) is 6.54 Å². The van der Waals surface area contributed by atoms with Gasteiger partial charge in [-0.3, -0.25) is 9.59 Å². The molecule has 3 amide bonds. The summed E-state index contributed by atoms with van der Waals surface area (Å²) >= 11 is 0. The zero-order valence-electron chi connectivity index (χ0n) is 22.6. The normalized spacial score (nSPS) is 16.1. The van der Waals surface area contributed by atoms with Crippen LogP contribution in [0.3, 0.4) is 0 Å². The molecule has 3 atom stereocenters. The molecule has 1 aromatic rings. The second-order valence-electron chi connectivity index (χ2n) is 10.8. The molecule has 0 heterocycles. The first-order chi connectivity index (χ1) is 16.5. The smallest absolute Gasteiger partial charge is 0.408 e. The van der Waals surface area contributed by atoms with Gasteiger partial charge in [0.1, 0.15) is 17.7 Å². The summed E-state index contributed by atoms with van der Waals surface area (Å²) < 4.78 is 5.45. The Bertz CT molecular complexity index is 843. The summed E-state index contributed by atoms with van der Waals surface area (Å²) in [6.45, 7) is 14.0. The molecule has 7 heteroatoms. The van der Waals surface area contributed by atoms with E-state index >= 15 is 0 Å². The van der Waals surface area contributed by atoms with Gasteiger partial charge in [0.2, 0.25) is 11.8 Å². The van der Waals surface area contributed by atoms with Crippen molar-refractivity contribution >= 4 is 17.9 Å². The van der Waals surface area contributed by atoms with Crippen LogP contribution in [0.15, 0.2) is 24.3 Å². The fourth-order valence-electron chi connectivity index (χ4n) is 4.02. The van der Waals surface area contributed by atoms with Gasteiger partial charge in [0.25, 0.3) is 0 Å². The molecule has 1 aromatic carbocycles. The first kappa shape index (κ1) is 28.7. The lowest BCUT2D eigenvalue weighted by Crippen LogP contribution is -2.55. The van der Waals surface area contributed by atoms with Crippen molar-refractivity contribution in [3.63, 3.8) is 0 Å². The lowest BCUT2D eigenvalue weighted by atomic mass is 9.95. The van der Waals surface area contributed by atoms with Crippen molar-refractivity contribution in [2.24, 2.45) is 5.92 Å². The van der Waals surface area contributed by atoms with Gasteiger partial charge in [0.05, 0.1) is 0 Å². The molecule has 0 aliphatic heterocycles. The minimum Gasteiger partial charge on any atom is -0.444 e. The molecular formula is C28H45N3O4. The van der Waals surface area contributed by atoms with Crippen LogP contribution in [-0.4, -0.2) is 47.0 Å². The van der Waals surface area contributed by atoms with Crippen LogP contribution in [0.25, 0.3) is 0 Å². The highest BCUT2D eigenvalue weighted by Gasteiger charge is 2.44. The first-order valence-corrected chi connectivity index (χ1v) is 13.1. The van der Waals surface area contributed by atoms with Gasteiger partial charge in [-0.15, -0.1) is 0 Å². The molecule has 1 aliphatic rings. The minimum absolute atomic E-state index is 0.0258. The Morgan fingerprint density at radius 2 is 1.71 bits per heavy atom. The van der Waals surface area contributed by atoms with Crippen molar-refractivity contribution < 1.29 is 19.1 Å². The average molecular weight is 488 g/mol. The topological polar surface area (TPSA) is 87.7 Å². The zero-order chi connectivity index (χ0) is 26.2. The second kappa shape index (κ2) is 12.9. The summed E-state index contributed by atoms with van der Waals surface area (Å²) in [6, 6.07) is 6.23. The van der Waals surface area contributed by atoms with Gasteiger partial charge in [-0.05, 0) is 58.4 Å². The number of carbonyl (C=O) groups is 3. The van der Waals surface area contributed by atoms with E-state index in [0.29, 0.717) is 13.0 Å². The van der Waals surface area contributed by atoms with Crippen molar-refractivity contribution in [1.29, 1.82) is 0 Å². The van der Waals surface area contributed by atoms with Crippen LogP contribution in [-0.2, 0) is 14.3 Å². The lowest BCUT2D eigenvalue weighted by Gasteiger charge is -2.36. The van der Waals surface area contributed by atoms with E-state index in [1.807, 2.05) is 45.0 Å². The minimum atomic E-state index is -0.781. The molecule has 1 aliphatic carbocycles. The van der Waals surface area contributed by atoms with Gasteiger partial charge in [-0.1, -0.05) is 69.9 Å². The molecule has 0 radical (unpaired) electrons. The summed E-state index contributed by atoms with van der Waals surface area (Å²) in [4.78, 5) is 41.9. The molecule has 7 nitrogen and oxygen atoms in total. The Labute approximate surface area is 211 Å². The van der Waals surface area contributed by atoms with E-state index < -0.39 is 23.8 Å². The number of aryl methyl sites for hydroxylation is 1. The van der Waals surface area contributed by atoms with Crippen LogP contribution >= 0.6 is 0 Å². The zero-order valence-corrected chi connectivity index (χ0v) is 22.6. The fraction of sp³-hybridized carbons (Fsp3) is 0.679. The van der Waals surface area contributed by atoms with Crippen LogP contribution in [0.5, 0.6) is 0 Å². The fourth-order valence-corrected chi connectivity index (χ4v) is 4.02. The number of amides is 3. The molecule has 2 rings (SSSR count). The second-order valence-corrected chi connectivity index (χ2v) is 10.8. The number of alkyl carbamates (subject to hydrolysis) is 1. The lowest BCUT2D eigenvalue weighted by molar-refractivity contribution is -0.144. The van der Waals surface area contributed by atoms with Crippen LogP contribution in [0.2, 0.25) is 0 Å². The van der Waals surface area contributed by atoms with E-state index in [0.717, 1.165) is 43.2 Å². The highest BCUT2D eigenvalue weighted by Crippen LogP contribution is 2.36. The Morgan fingerprint density at radius 1 is 1.09 bits per heavy atom. The van der Waals surface area contributed by atoms with Crippen LogP contribution in [0.4, 0.5) is 4.79 Å². The Morgan fingerprint density at radius 3 is 2.23 bits per heavy atom. The van der Waals surface area contributed by atoms with Gasteiger partial charge < -0.3 is 20.3 Å². The molecule has 0 bridgehead atoms. The summed E-state index contributed by atoms with van der Waals surface area (Å²) in [5.74, 6) is -0.532. The standard InChI is InChI=1S/C28H45N3O4/c1-8-10-11-18-29-25(32)24(21-14-12-19(3)13-15-21)31(22-16-17-22)26(33)23(20(4)9-2)30-27(34)35-28(5,6)7/h12-15,20,22-24H,8-11,16-18H2,1-7H3,(H,29,32)(H,30,34). The highest BCUT2D eigenvalue weighted by atomic mass is 16.6. The molecule has 1 saturated carbocycles. The maximum atomic E-state index is 14.1. The van der Waals surface area contributed by atoms with E-state index in [-0.39, 0.29) is 23.8 Å². The molecular weight excluding hydrogens is 442 g/mol. The maximum absolute atomic E-state index is 14.1. The van der Waals surface area contributed by atoms with Crippen molar-refractivity contribution in [3.05, 3.63) is 35.4 Å². The Hall–Kier alpha value is -2.57. The maximum Gasteiger partial charge on any atom is 0.408 e. The van der Waals surface area contributed by atoms with E-state index in [1.165, 1.54) is 0 Å². The number of unbranched alkanes of at least 4 members (excludes halogenated alkanes) is 2. The number of nitrogens with zero attached hydrogens (tertiary/aromatic N) is 1. The molecule has 2 N–H and O–H groups in total. The summed E-state index contributed by atoms with van der Waals surface area (Å²) in [7, 11) is 0. The molecule has 196 valence electrons. The number of hydrogen-bond acceptors (Lipinski definition) is 4. The molecule has 1 fully saturated rings. The van der Waals surface area contributed by atoms with Crippen LogP contribution in [0, 0.1) is 12.8 Å². The third kappa shape index (κ3) is 8.86. The summed E-state index contributed by atoms with van der Waals surface area (Å²) in [6.07, 6.45) is 4.77. The summed E-state index contributed by atoms with van der Waals surface area (Å²) in [5, 5.41) is 5.88. The van der Waals surface area contributed by atoms with Gasteiger partial charge in [0.15, 0.2) is 0 Å². The van der Waals surface area contributed by atoms with Crippen molar-refractivity contribution in [1.82, 2.24) is 15.5 Å². The quantitative estimate of drug-likeness (QED) is 0.393. The largest absolute Gasteiger partial charge is 0.444 e. The number of carbonyl (C=O) groups excluding carboxylic acids is 3. The highest BCUT2D eigenvalue weighted by molar-refractivity contribution is 5.92. The molecule has 3 unspecified atom stereocenters. The number of hydrogen-bond donors (Lipinski definition) is 2. The van der Waals surface area contributed by atoms with Crippen LogP contribution in [0.1, 0.15) is 97.2 Å². The number of benzene rings is 1. The average Bonchev–Trinajstić information content (AvgIpc) is 3.62. The SMILES string of the molecule is CCCCCNC(=O)C(c1ccc(C)cc1)N(C(=O)C(NC(=O)OC(C)(C)C)C(C)CC)C1CC1. The predicted molar refractivity (Wildman–Crippen MR) is 139 cm³/mol. The molecule has 0 saturated heterocycles. The number of ether oxygens (including phenoxy) is 1. The summed E-state index contributed by atoms with van der Waals surface area (Å²) in [5.41, 5.74) is 1.19. The van der Waals surface area contributed by atoms with Gasteiger partial charge in [-0.25, -0.2) is 4.79 Å². The van der Waals surface area contributed by atoms with Crippen LogP contribution < -0.4 is 10.6 Å². The molecule has 0 aromatic heterocycles. The van der Waals surface area contributed by atoms with E-state index in [9.17, 15) is 14.4 Å². The van der Waals surface area contributed by atoms with Gasteiger partial charge >= 0.3 is 6.09 Å². The first-order valence-electron chi connectivity index (χ1n) is 13.1. The van der Waals surface area contributed by atoms with Crippen molar-refractivity contribution in [3.8, 4) is 0 Å². The molecule has 35 heavy (non-hydrogen) atoms. The van der Waals surface area contributed by atoms with Gasteiger partial charge in [0, 0.05) is 12.6 Å². The van der Waals surface area contributed by atoms with E-state index in [1.54, 1.807) is 25.7 Å². The van der Waals surface area contributed by atoms with Gasteiger partial charge in [-0.2, -0.15) is 0 Å². The van der Waals surface area contributed by atoms with E-state index in [2.05, 4.69) is 17.6 Å². The predicted octanol–water partition coefficient (Wildman–Crippen LogP) is 5.27. The third-order valence-electron chi connectivity index (χ3n) is 6.35. The van der Waals surface area contributed by atoms with Crippen molar-refractivity contribution in [2.45, 2.75) is 111 Å². The Balaban J connectivity index is 2.38. The number of rotatable bonds is 12. The monoisotopic (exact) mass is 487 g/mol. The van der Waals surface area contributed by atoms with E-state index in [4.69, 9.17) is 4.74 Å². The Kier molecular flexibility index (Phi) is 10.6. The molecule has 0 spiro atoms.